The number of aromatic nitrogens is 2. The maximum atomic E-state index is 5.51. The third-order valence-corrected chi connectivity index (χ3v) is 5.02. The fraction of sp³-hybridized carbons (Fsp3) is 0.500. The molecule has 1 fully saturated rings. The van der Waals surface area contributed by atoms with Crippen molar-refractivity contribution in [1.29, 1.82) is 0 Å². The lowest BCUT2D eigenvalue weighted by Gasteiger charge is -2.15. The molecule has 0 radical (unpaired) electrons. The van der Waals surface area contributed by atoms with E-state index in [1.807, 2.05) is 11.8 Å². The molecule has 0 saturated carbocycles. The molecule has 4 nitrogen and oxygen atoms in total. The number of thioether (sulfide) groups is 1. The molecule has 0 aliphatic carbocycles. The molecule has 2 unspecified atom stereocenters. The molecule has 0 spiro atoms. The van der Waals surface area contributed by atoms with Gasteiger partial charge in [0.25, 0.3) is 0 Å². The van der Waals surface area contributed by atoms with Gasteiger partial charge in [-0.1, -0.05) is 41.9 Å². The van der Waals surface area contributed by atoms with Crippen molar-refractivity contribution in [3.05, 3.63) is 47.1 Å². The average Bonchev–Trinajstić information content (AvgIpc) is 3.11. The van der Waals surface area contributed by atoms with Gasteiger partial charge in [0, 0.05) is 24.0 Å². The topological polar surface area (TPSA) is 51.0 Å². The number of aryl methyl sites for hydroxylation is 1. The number of rotatable bonds is 5. The SMILES string of the molecule is CCNC1CSCC1c1nc(Cc2ccc(C)cc2)no1. The molecule has 3 rings (SSSR count). The van der Waals surface area contributed by atoms with Crippen LogP contribution in [0.15, 0.2) is 28.8 Å². The van der Waals surface area contributed by atoms with Crippen molar-refractivity contribution in [1.82, 2.24) is 15.5 Å². The van der Waals surface area contributed by atoms with E-state index in [0.717, 1.165) is 36.2 Å². The molecule has 2 aromatic rings. The summed E-state index contributed by atoms with van der Waals surface area (Å²) in [5, 5.41) is 7.66. The molecule has 5 heteroatoms. The minimum atomic E-state index is 0.342. The van der Waals surface area contributed by atoms with Gasteiger partial charge in [-0.2, -0.15) is 16.7 Å². The number of benzene rings is 1. The zero-order chi connectivity index (χ0) is 14.7. The lowest BCUT2D eigenvalue weighted by Crippen LogP contribution is -2.34. The van der Waals surface area contributed by atoms with Crippen molar-refractivity contribution < 1.29 is 4.52 Å². The van der Waals surface area contributed by atoms with E-state index in [1.54, 1.807) is 0 Å². The molecule has 2 atom stereocenters. The van der Waals surface area contributed by atoms with Crippen LogP contribution >= 0.6 is 11.8 Å². The predicted molar refractivity (Wildman–Crippen MR) is 85.8 cm³/mol. The van der Waals surface area contributed by atoms with Gasteiger partial charge in [-0.15, -0.1) is 0 Å². The lowest BCUT2D eigenvalue weighted by atomic mass is 10.0. The van der Waals surface area contributed by atoms with E-state index in [2.05, 4.69) is 53.6 Å². The van der Waals surface area contributed by atoms with E-state index < -0.39 is 0 Å². The van der Waals surface area contributed by atoms with Crippen LogP contribution in [0, 0.1) is 6.92 Å². The van der Waals surface area contributed by atoms with Crippen molar-refractivity contribution in [2.45, 2.75) is 32.2 Å². The van der Waals surface area contributed by atoms with Crippen molar-refractivity contribution in [3.8, 4) is 0 Å². The van der Waals surface area contributed by atoms with Gasteiger partial charge in [-0.05, 0) is 19.0 Å². The Labute approximate surface area is 129 Å². The minimum Gasteiger partial charge on any atom is -0.339 e. The number of nitrogens with one attached hydrogen (secondary N) is 1. The zero-order valence-corrected chi connectivity index (χ0v) is 13.3. The summed E-state index contributed by atoms with van der Waals surface area (Å²) in [5.74, 6) is 4.08. The van der Waals surface area contributed by atoms with Crippen LogP contribution in [-0.2, 0) is 6.42 Å². The van der Waals surface area contributed by atoms with E-state index in [1.165, 1.54) is 11.1 Å². The van der Waals surface area contributed by atoms with Crippen molar-refractivity contribution in [2.75, 3.05) is 18.1 Å². The maximum Gasteiger partial charge on any atom is 0.232 e. The van der Waals surface area contributed by atoms with E-state index in [0.29, 0.717) is 12.0 Å². The summed E-state index contributed by atoms with van der Waals surface area (Å²) >= 11 is 1.95. The first-order valence-corrected chi connectivity index (χ1v) is 8.61. The van der Waals surface area contributed by atoms with E-state index >= 15 is 0 Å². The van der Waals surface area contributed by atoms with Crippen LogP contribution in [-0.4, -0.2) is 34.2 Å². The molecule has 1 saturated heterocycles. The fourth-order valence-corrected chi connectivity index (χ4v) is 4.01. The average molecular weight is 303 g/mol. The van der Waals surface area contributed by atoms with Gasteiger partial charge in [0.15, 0.2) is 5.82 Å². The molecule has 1 aromatic carbocycles. The largest absolute Gasteiger partial charge is 0.339 e. The molecular formula is C16H21N3OS. The Morgan fingerprint density at radius 2 is 2.10 bits per heavy atom. The van der Waals surface area contributed by atoms with Gasteiger partial charge in [-0.3, -0.25) is 0 Å². The summed E-state index contributed by atoms with van der Waals surface area (Å²) in [6, 6.07) is 8.93. The van der Waals surface area contributed by atoms with Gasteiger partial charge < -0.3 is 9.84 Å². The third kappa shape index (κ3) is 3.47. The Kier molecular flexibility index (Phi) is 4.60. The van der Waals surface area contributed by atoms with Crippen molar-refractivity contribution in [3.63, 3.8) is 0 Å². The zero-order valence-electron chi connectivity index (χ0n) is 12.5. The van der Waals surface area contributed by atoms with E-state index in [-0.39, 0.29) is 0 Å². The number of hydrogen-bond acceptors (Lipinski definition) is 5. The monoisotopic (exact) mass is 303 g/mol. The Bertz CT molecular complexity index is 581. The second-order valence-electron chi connectivity index (χ2n) is 5.52. The van der Waals surface area contributed by atoms with Crippen molar-refractivity contribution in [2.24, 2.45) is 0 Å². The molecule has 112 valence electrons. The quantitative estimate of drug-likeness (QED) is 0.920. The highest BCUT2D eigenvalue weighted by Gasteiger charge is 2.32. The molecule has 1 N–H and O–H groups in total. The minimum absolute atomic E-state index is 0.342. The highest BCUT2D eigenvalue weighted by molar-refractivity contribution is 7.99. The first kappa shape index (κ1) is 14.6. The van der Waals surface area contributed by atoms with Gasteiger partial charge >= 0.3 is 0 Å². The van der Waals surface area contributed by atoms with Crippen LogP contribution in [0.5, 0.6) is 0 Å². The third-order valence-electron chi connectivity index (χ3n) is 3.83. The van der Waals surface area contributed by atoms with Crippen molar-refractivity contribution >= 4 is 11.8 Å². The number of likely N-dealkylation sites (N-methyl/N-ethyl adjacent to an activating group) is 1. The van der Waals surface area contributed by atoms with Crippen LogP contribution < -0.4 is 5.32 Å². The van der Waals surface area contributed by atoms with Crippen LogP contribution in [0.1, 0.15) is 35.7 Å². The molecule has 0 bridgehead atoms. The second-order valence-corrected chi connectivity index (χ2v) is 6.59. The van der Waals surface area contributed by atoms with Gasteiger partial charge in [0.2, 0.25) is 5.89 Å². The Hall–Kier alpha value is -1.33. The van der Waals surface area contributed by atoms with Gasteiger partial charge in [-0.25, -0.2) is 0 Å². The summed E-state index contributed by atoms with van der Waals surface area (Å²) in [6.45, 7) is 5.21. The van der Waals surface area contributed by atoms with E-state index in [9.17, 15) is 0 Å². The Morgan fingerprint density at radius 3 is 2.86 bits per heavy atom. The molecule has 21 heavy (non-hydrogen) atoms. The smallest absolute Gasteiger partial charge is 0.232 e. The summed E-state index contributed by atoms with van der Waals surface area (Å²) in [6.07, 6.45) is 0.732. The maximum absolute atomic E-state index is 5.51. The lowest BCUT2D eigenvalue weighted by molar-refractivity contribution is 0.338. The predicted octanol–water partition coefficient (Wildman–Crippen LogP) is 2.78. The van der Waals surface area contributed by atoms with Gasteiger partial charge in [0.1, 0.15) is 0 Å². The van der Waals surface area contributed by atoms with Crippen LogP contribution in [0.25, 0.3) is 0 Å². The standard InChI is InChI=1S/C16H21N3OS/c1-3-17-14-10-21-9-13(14)16-18-15(19-20-16)8-12-6-4-11(2)5-7-12/h4-7,13-14,17H,3,8-10H2,1-2H3. The molecule has 1 aromatic heterocycles. The Balaban J connectivity index is 1.69. The summed E-state index contributed by atoms with van der Waals surface area (Å²) < 4.78 is 5.51. The molecule has 2 heterocycles. The summed E-state index contributed by atoms with van der Waals surface area (Å²) in [4.78, 5) is 4.61. The number of hydrogen-bond donors (Lipinski definition) is 1. The van der Waals surface area contributed by atoms with E-state index in [4.69, 9.17) is 4.52 Å². The first-order chi connectivity index (χ1) is 10.3. The highest BCUT2D eigenvalue weighted by Crippen LogP contribution is 2.32. The summed E-state index contributed by atoms with van der Waals surface area (Å²) in [7, 11) is 0. The van der Waals surface area contributed by atoms with Crippen LogP contribution in [0.2, 0.25) is 0 Å². The molecule has 1 aliphatic rings. The van der Waals surface area contributed by atoms with Gasteiger partial charge in [0.05, 0.1) is 5.92 Å². The normalized spacial score (nSPS) is 21.8. The van der Waals surface area contributed by atoms with Crippen LogP contribution in [0.3, 0.4) is 0 Å². The van der Waals surface area contributed by atoms with Crippen LogP contribution in [0.4, 0.5) is 0 Å². The Morgan fingerprint density at radius 1 is 1.29 bits per heavy atom. The first-order valence-electron chi connectivity index (χ1n) is 7.45. The molecule has 1 aliphatic heterocycles. The number of nitrogens with zero attached hydrogens (tertiary/aromatic N) is 2. The summed E-state index contributed by atoms with van der Waals surface area (Å²) in [5.41, 5.74) is 2.49. The molecule has 0 amide bonds. The fourth-order valence-electron chi connectivity index (χ4n) is 2.64. The second kappa shape index (κ2) is 6.62. The molecular weight excluding hydrogens is 282 g/mol. The highest BCUT2D eigenvalue weighted by atomic mass is 32.2.